The van der Waals surface area contributed by atoms with Crippen molar-refractivity contribution < 1.29 is 18.7 Å². The minimum atomic E-state index is -1.13. The van der Waals surface area contributed by atoms with Crippen LogP contribution in [0.2, 0.25) is 0 Å². The monoisotopic (exact) mass is 281 g/mol. The van der Waals surface area contributed by atoms with Crippen LogP contribution in [0.1, 0.15) is 10.4 Å². The molecular formula is C13H9F2NO2S. The molecule has 0 aliphatic carbocycles. The van der Waals surface area contributed by atoms with Gasteiger partial charge in [-0.05, 0) is 36.4 Å². The van der Waals surface area contributed by atoms with Gasteiger partial charge in [0.05, 0.1) is 5.56 Å². The lowest BCUT2D eigenvalue weighted by Gasteiger charge is -2.07. The molecule has 6 heteroatoms. The molecule has 0 bridgehead atoms. The fraction of sp³-hybridized carbons (Fsp3) is 0. The van der Waals surface area contributed by atoms with Crippen molar-refractivity contribution in [3.05, 3.63) is 53.6 Å². The molecule has 0 amide bonds. The number of carboxylic acids is 1. The summed E-state index contributed by atoms with van der Waals surface area (Å²) in [5.41, 5.74) is 5.87. The number of anilines is 1. The van der Waals surface area contributed by atoms with Crippen molar-refractivity contribution in [2.75, 3.05) is 5.73 Å². The van der Waals surface area contributed by atoms with Crippen LogP contribution in [0.15, 0.2) is 46.2 Å². The number of hydrogen-bond donors (Lipinski definition) is 2. The minimum absolute atomic E-state index is 0.0229. The van der Waals surface area contributed by atoms with Crippen molar-refractivity contribution in [1.82, 2.24) is 0 Å². The molecular weight excluding hydrogens is 272 g/mol. The van der Waals surface area contributed by atoms with E-state index in [4.69, 9.17) is 10.8 Å². The van der Waals surface area contributed by atoms with Gasteiger partial charge in [-0.1, -0.05) is 11.8 Å². The zero-order valence-electron chi connectivity index (χ0n) is 9.56. The molecule has 0 fully saturated rings. The molecule has 19 heavy (non-hydrogen) atoms. The van der Waals surface area contributed by atoms with E-state index in [-0.39, 0.29) is 5.56 Å². The van der Waals surface area contributed by atoms with Crippen LogP contribution < -0.4 is 5.73 Å². The SMILES string of the molecule is Nc1ccc(Sc2ccc(F)c(F)c2)c(C(=O)O)c1. The van der Waals surface area contributed by atoms with E-state index in [1.54, 1.807) is 6.07 Å². The summed E-state index contributed by atoms with van der Waals surface area (Å²) in [4.78, 5) is 11.9. The minimum Gasteiger partial charge on any atom is -0.478 e. The average molecular weight is 281 g/mol. The first-order chi connectivity index (χ1) is 8.97. The maximum absolute atomic E-state index is 13.1. The van der Waals surface area contributed by atoms with Crippen LogP contribution in [-0.4, -0.2) is 11.1 Å². The van der Waals surface area contributed by atoms with Crippen molar-refractivity contribution in [3.63, 3.8) is 0 Å². The Bertz CT molecular complexity index is 647. The lowest BCUT2D eigenvalue weighted by atomic mass is 10.2. The molecule has 0 aromatic heterocycles. The van der Waals surface area contributed by atoms with Gasteiger partial charge in [0.15, 0.2) is 11.6 Å². The van der Waals surface area contributed by atoms with E-state index in [9.17, 15) is 13.6 Å². The Morgan fingerprint density at radius 2 is 1.84 bits per heavy atom. The topological polar surface area (TPSA) is 63.3 Å². The summed E-state index contributed by atoms with van der Waals surface area (Å²) in [6, 6.07) is 7.80. The zero-order chi connectivity index (χ0) is 14.0. The van der Waals surface area contributed by atoms with Gasteiger partial charge in [-0.3, -0.25) is 0 Å². The third-order valence-electron chi connectivity index (χ3n) is 2.35. The van der Waals surface area contributed by atoms with E-state index >= 15 is 0 Å². The van der Waals surface area contributed by atoms with Crippen LogP contribution in [0.3, 0.4) is 0 Å². The molecule has 98 valence electrons. The summed E-state index contributed by atoms with van der Waals surface area (Å²) in [7, 11) is 0. The molecule has 0 aliphatic rings. The number of nitrogen functional groups attached to an aromatic ring is 1. The Morgan fingerprint density at radius 3 is 2.47 bits per heavy atom. The number of rotatable bonds is 3. The lowest BCUT2D eigenvalue weighted by molar-refractivity contribution is 0.0693. The molecule has 2 aromatic rings. The fourth-order valence-corrected chi connectivity index (χ4v) is 2.42. The quantitative estimate of drug-likeness (QED) is 0.846. The molecule has 0 heterocycles. The van der Waals surface area contributed by atoms with Crippen LogP contribution in [0.5, 0.6) is 0 Å². The number of carbonyl (C=O) groups is 1. The Hall–Kier alpha value is -2.08. The standard InChI is InChI=1S/C13H9F2NO2S/c14-10-3-2-8(6-11(10)15)19-12-4-1-7(16)5-9(12)13(17)18/h1-6H,16H2,(H,17,18). The second-order valence-corrected chi connectivity index (χ2v) is 4.85. The maximum atomic E-state index is 13.1. The summed E-state index contributed by atoms with van der Waals surface area (Å²) >= 11 is 1.03. The van der Waals surface area contributed by atoms with Crippen molar-refractivity contribution in [2.24, 2.45) is 0 Å². The van der Waals surface area contributed by atoms with Crippen molar-refractivity contribution in [2.45, 2.75) is 9.79 Å². The molecule has 2 aromatic carbocycles. The normalized spacial score (nSPS) is 10.4. The van der Waals surface area contributed by atoms with Crippen LogP contribution >= 0.6 is 11.8 Å². The average Bonchev–Trinajstić information content (AvgIpc) is 2.36. The highest BCUT2D eigenvalue weighted by Gasteiger charge is 2.12. The molecule has 0 saturated heterocycles. The van der Waals surface area contributed by atoms with E-state index in [0.717, 1.165) is 23.9 Å². The highest BCUT2D eigenvalue weighted by Crippen LogP contribution is 2.32. The molecule has 0 spiro atoms. The van der Waals surface area contributed by atoms with Gasteiger partial charge >= 0.3 is 5.97 Å². The van der Waals surface area contributed by atoms with Crippen LogP contribution in [0, 0.1) is 11.6 Å². The van der Waals surface area contributed by atoms with E-state index in [1.807, 2.05) is 0 Å². The molecule has 0 atom stereocenters. The molecule has 0 radical (unpaired) electrons. The summed E-state index contributed by atoms with van der Waals surface area (Å²) in [5, 5.41) is 9.06. The van der Waals surface area contributed by atoms with Gasteiger partial charge in [0, 0.05) is 15.5 Å². The van der Waals surface area contributed by atoms with Crippen LogP contribution in [0.4, 0.5) is 14.5 Å². The Balaban J connectivity index is 2.37. The molecule has 3 nitrogen and oxygen atoms in total. The van der Waals surface area contributed by atoms with Gasteiger partial charge in [-0.15, -0.1) is 0 Å². The van der Waals surface area contributed by atoms with Crippen molar-refractivity contribution >= 4 is 23.4 Å². The Morgan fingerprint density at radius 1 is 1.11 bits per heavy atom. The predicted molar refractivity (Wildman–Crippen MR) is 68.3 cm³/mol. The molecule has 2 rings (SSSR count). The smallest absolute Gasteiger partial charge is 0.336 e. The van der Waals surface area contributed by atoms with E-state index in [2.05, 4.69) is 0 Å². The van der Waals surface area contributed by atoms with Gasteiger partial charge in [0.25, 0.3) is 0 Å². The Kier molecular flexibility index (Phi) is 3.71. The van der Waals surface area contributed by atoms with Crippen LogP contribution in [0.25, 0.3) is 0 Å². The highest BCUT2D eigenvalue weighted by molar-refractivity contribution is 7.99. The number of hydrogen-bond acceptors (Lipinski definition) is 3. The maximum Gasteiger partial charge on any atom is 0.336 e. The second kappa shape index (κ2) is 5.27. The lowest BCUT2D eigenvalue weighted by Crippen LogP contribution is -2.00. The summed E-state index contributed by atoms with van der Waals surface area (Å²) < 4.78 is 25.9. The van der Waals surface area contributed by atoms with Gasteiger partial charge in [-0.25, -0.2) is 13.6 Å². The first-order valence-electron chi connectivity index (χ1n) is 5.23. The number of aromatic carboxylic acids is 1. The predicted octanol–water partition coefficient (Wildman–Crippen LogP) is 3.40. The molecule has 0 unspecified atom stereocenters. The fourth-order valence-electron chi connectivity index (χ4n) is 1.47. The van der Waals surface area contributed by atoms with Gasteiger partial charge in [0.1, 0.15) is 0 Å². The van der Waals surface area contributed by atoms with E-state index < -0.39 is 17.6 Å². The Labute approximate surface area is 112 Å². The summed E-state index contributed by atoms with van der Waals surface area (Å²) in [6.07, 6.45) is 0. The molecule has 0 saturated carbocycles. The third kappa shape index (κ3) is 3.03. The van der Waals surface area contributed by atoms with E-state index in [0.29, 0.717) is 15.5 Å². The molecule has 3 N–H and O–H groups in total. The van der Waals surface area contributed by atoms with Gasteiger partial charge < -0.3 is 10.8 Å². The number of nitrogens with two attached hydrogens (primary N) is 1. The number of carboxylic acid groups (broad SMARTS) is 1. The zero-order valence-corrected chi connectivity index (χ0v) is 10.4. The van der Waals surface area contributed by atoms with Gasteiger partial charge in [0.2, 0.25) is 0 Å². The first-order valence-corrected chi connectivity index (χ1v) is 6.05. The summed E-state index contributed by atoms with van der Waals surface area (Å²) in [6.45, 7) is 0. The molecule has 0 aliphatic heterocycles. The summed E-state index contributed by atoms with van der Waals surface area (Å²) in [5.74, 6) is -3.05. The van der Waals surface area contributed by atoms with Gasteiger partial charge in [-0.2, -0.15) is 0 Å². The van der Waals surface area contributed by atoms with Crippen molar-refractivity contribution in [3.8, 4) is 0 Å². The van der Waals surface area contributed by atoms with E-state index in [1.165, 1.54) is 18.2 Å². The second-order valence-electron chi connectivity index (χ2n) is 3.74. The largest absolute Gasteiger partial charge is 0.478 e. The number of benzene rings is 2. The first kappa shape index (κ1) is 13.4. The van der Waals surface area contributed by atoms with Crippen molar-refractivity contribution in [1.29, 1.82) is 0 Å². The highest BCUT2D eigenvalue weighted by atomic mass is 32.2. The van der Waals surface area contributed by atoms with Crippen LogP contribution in [-0.2, 0) is 0 Å². The number of halogens is 2. The third-order valence-corrected chi connectivity index (χ3v) is 3.42.